The quantitative estimate of drug-likeness (QED) is 0.781. The highest BCUT2D eigenvalue weighted by Crippen LogP contribution is 2.32. The molecule has 3 fully saturated rings. The molecule has 0 aliphatic carbocycles. The summed E-state index contributed by atoms with van der Waals surface area (Å²) in [5, 5.41) is 0. The summed E-state index contributed by atoms with van der Waals surface area (Å²) in [7, 11) is 0. The third-order valence-corrected chi connectivity index (χ3v) is 5.19. The minimum atomic E-state index is -0.395. The van der Waals surface area contributed by atoms with Crippen LogP contribution in [0.2, 0.25) is 0 Å². The van der Waals surface area contributed by atoms with E-state index in [4.69, 9.17) is 0 Å². The molecule has 4 rings (SSSR count). The first-order valence-corrected chi connectivity index (χ1v) is 8.70. The Morgan fingerprint density at radius 3 is 1.08 bits per heavy atom. The van der Waals surface area contributed by atoms with Crippen LogP contribution in [0.25, 0.3) is 0 Å². The molecule has 126 valence electrons. The number of aromatic nitrogens is 3. The third-order valence-electron chi connectivity index (χ3n) is 5.19. The second kappa shape index (κ2) is 6.03. The van der Waals surface area contributed by atoms with Crippen LogP contribution in [-0.2, 0) is 0 Å². The maximum atomic E-state index is 12.0. The largest absolute Gasteiger partial charge is 0.260 e. The van der Waals surface area contributed by atoms with Crippen LogP contribution in [-0.4, -0.2) is 48.9 Å². The van der Waals surface area contributed by atoms with E-state index in [1.807, 2.05) is 0 Å². The molecule has 3 unspecified atom stereocenters. The maximum Gasteiger partial charge on any atom is 0.260 e. The summed E-state index contributed by atoms with van der Waals surface area (Å²) in [6, 6.07) is -1.18. The van der Waals surface area contributed by atoms with Crippen LogP contribution in [0.15, 0.2) is 0 Å². The van der Waals surface area contributed by atoms with E-state index in [0.717, 1.165) is 33.5 Å². The van der Waals surface area contributed by atoms with Crippen molar-refractivity contribution in [1.29, 1.82) is 0 Å². The Morgan fingerprint density at radius 2 is 0.875 bits per heavy atom. The lowest BCUT2D eigenvalue weighted by molar-refractivity contribution is -0.576. The van der Waals surface area contributed by atoms with E-state index in [1.54, 1.807) is 0 Å². The first kappa shape index (κ1) is 15.3. The van der Waals surface area contributed by atoms with Gasteiger partial charge in [-0.1, -0.05) is 0 Å². The van der Waals surface area contributed by atoms with E-state index in [-0.39, 0.29) is 0 Å². The standard InChI is InChI=1S/C15H21N6O3/c22-19-7-1-4-10(19)13-16-14(11-5-2-8-20(11)23)18-15(17-13)12-6-3-9-21(12)24/h10-12H,1-9H2/q+3. The van der Waals surface area contributed by atoms with Crippen molar-refractivity contribution in [2.75, 3.05) is 19.6 Å². The summed E-state index contributed by atoms with van der Waals surface area (Å²) in [5.41, 5.74) is 0. The summed E-state index contributed by atoms with van der Waals surface area (Å²) in [4.78, 5) is 49.5. The normalized spacial score (nSPS) is 30.5. The monoisotopic (exact) mass is 333 g/mol. The summed E-state index contributed by atoms with van der Waals surface area (Å²) in [5.74, 6) is 1.26. The Balaban J connectivity index is 1.76. The Hall–Kier alpha value is -2.19. The van der Waals surface area contributed by atoms with E-state index in [2.05, 4.69) is 15.0 Å². The Morgan fingerprint density at radius 1 is 0.583 bits per heavy atom. The second-order valence-electron chi connectivity index (χ2n) is 6.81. The first-order chi connectivity index (χ1) is 11.6. The molecule has 0 spiro atoms. The molecule has 9 nitrogen and oxygen atoms in total. The lowest BCUT2D eigenvalue weighted by Crippen LogP contribution is -2.22. The van der Waals surface area contributed by atoms with Crippen LogP contribution < -0.4 is 0 Å². The van der Waals surface area contributed by atoms with Gasteiger partial charge in [0.2, 0.25) is 17.5 Å². The van der Waals surface area contributed by atoms with Crippen LogP contribution in [0, 0.1) is 14.7 Å². The molecule has 0 radical (unpaired) electrons. The molecular weight excluding hydrogens is 312 g/mol. The van der Waals surface area contributed by atoms with E-state index in [0.29, 0.717) is 56.4 Å². The zero-order chi connectivity index (χ0) is 16.7. The zero-order valence-electron chi connectivity index (χ0n) is 13.5. The van der Waals surface area contributed by atoms with Crippen molar-refractivity contribution in [3.8, 4) is 0 Å². The summed E-state index contributed by atoms with van der Waals surface area (Å²) >= 11 is 0. The molecule has 24 heavy (non-hydrogen) atoms. The molecule has 3 aliphatic heterocycles. The Kier molecular flexibility index (Phi) is 3.85. The van der Waals surface area contributed by atoms with Crippen molar-refractivity contribution < 1.29 is 14.3 Å². The van der Waals surface area contributed by atoms with Crippen LogP contribution in [0.5, 0.6) is 0 Å². The van der Waals surface area contributed by atoms with Crippen molar-refractivity contribution in [3.05, 3.63) is 32.2 Å². The fourth-order valence-corrected chi connectivity index (χ4v) is 3.87. The van der Waals surface area contributed by atoms with Crippen molar-refractivity contribution in [2.45, 2.75) is 56.7 Å². The lowest BCUT2D eigenvalue weighted by atomic mass is 10.1. The summed E-state index contributed by atoms with van der Waals surface area (Å²) < 4.78 is 2.99. The number of rotatable bonds is 3. The van der Waals surface area contributed by atoms with Crippen molar-refractivity contribution in [1.82, 2.24) is 15.0 Å². The number of hydrogen-bond acceptors (Lipinski definition) is 6. The van der Waals surface area contributed by atoms with Crippen LogP contribution in [0.1, 0.15) is 74.1 Å². The van der Waals surface area contributed by atoms with Gasteiger partial charge in [-0.2, -0.15) is 0 Å². The maximum absolute atomic E-state index is 12.0. The van der Waals surface area contributed by atoms with Gasteiger partial charge in [-0.05, 0) is 0 Å². The number of hydrogen-bond donors (Lipinski definition) is 0. The third kappa shape index (κ3) is 2.61. The number of nitrogens with zero attached hydrogens (tertiary/aromatic N) is 6. The van der Waals surface area contributed by atoms with Gasteiger partial charge in [0.1, 0.15) is 0 Å². The van der Waals surface area contributed by atoms with Gasteiger partial charge in [0.05, 0.1) is 0 Å². The van der Waals surface area contributed by atoms with E-state index in [1.165, 1.54) is 0 Å². The minimum Gasteiger partial charge on any atom is -0.204 e. The summed E-state index contributed by atoms with van der Waals surface area (Å²) in [6.07, 6.45) is 4.51. The first-order valence-electron chi connectivity index (χ1n) is 8.70. The second-order valence-corrected chi connectivity index (χ2v) is 6.81. The lowest BCUT2D eigenvalue weighted by Gasteiger charge is -2.08. The van der Waals surface area contributed by atoms with Crippen molar-refractivity contribution >= 4 is 0 Å². The Bertz CT molecular complexity index is 614. The van der Waals surface area contributed by atoms with Gasteiger partial charge in [0.25, 0.3) is 18.1 Å². The van der Waals surface area contributed by atoms with Gasteiger partial charge in [-0.3, -0.25) is 0 Å². The smallest absolute Gasteiger partial charge is 0.204 e. The molecule has 0 amide bonds. The summed E-state index contributed by atoms with van der Waals surface area (Å²) in [6.45, 7) is 1.40. The predicted octanol–water partition coefficient (Wildman–Crippen LogP) is 1.71. The van der Waals surface area contributed by atoms with E-state index < -0.39 is 18.1 Å². The predicted molar refractivity (Wildman–Crippen MR) is 81.2 cm³/mol. The molecule has 3 aliphatic rings. The highest BCUT2D eigenvalue weighted by atomic mass is 16.3. The highest BCUT2D eigenvalue weighted by Gasteiger charge is 2.43. The molecule has 1 aromatic rings. The fraction of sp³-hybridized carbons (Fsp3) is 0.800. The highest BCUT2D eigenvalue weighted by molar-refractivity contribution is 5.06. The fourth-order valence-electron chi connectivity index (χ4n) is 3.87. The van der Waals surface area contributed by atoms with Crippen LogP contribution >= 0.6 is 0 Å². The van der Waals surface area contributed by atoms with Crippen molar-refractivity contribution in [3.63, 3.8) is 0 Å². The van der Waals surface area contributed by atoms with E-state index >= 15 is 0 Å². The molecule has 9 heteroatoms. The van der Waals surface area contributed by atoms with Crippen molar-refractivity contribution in [2.24, 2.45) is 0 Å². The Labute approximate surface area is 138 Å². The van der Waals surface area contributed by atoms with Gasteiger partial charge in [0, 0.05) is 67.5 Å². The topological polar surface area (TPSA) is 98.9 Å². The van der Waals surface area contributed by atoms with Gasteiger partial charge >= 0.3 is 0 Å². The molecule has 4 heterocycles. The molecular formula is C15H21N6O3+3. The van der Waals surface area contributed by atoms with Gasteiger partial charge in [-0.25, -0.2) is 15.0 Å². The molecule has 3 saturated heterocycles. The minimum absolute atomic E-state index is 0.395. The average molecular weight is 333 g/mol. The molecule has 0 bridgehead atoms. The van der Waals surface area contributed by atoms with Gasteiger partial charge in [0.15, 0.2) is 19.6 Å². The number of nitroso groups, excluding NO2 is 3. The van der Waals surface area contributed by atoms with Gasteiger partial charge < -0.3 is 0 Å². The molecule has 1 aromatic heterocycles. The molecule has 0 N–H and O–H groups in total. The molecule has 3 atom stereocenters. The molecule has 0 saturated carbocycles. The van der Waals surface area contributed by atoms with Crippen LogP contribution in [0.3, 0.4) is 0 Å². The van der Waals surface area contributed by atoms with Crippen LogP contribution in [0.4, 0.5) is 0 Å². The average Bonchev–Trinajstić information content (AvgIpc) is 3.28. The van der Waals surface area contributed by atoms with Gasteiger partial charge in [-0.15, -0.1) is 0 Å². The zero-order valence-corrected chi connectivity index (χ0v) is 13.5. The SMILES string of the molecule is O=[N+]1CCCC1c1nc(C2CCC[N+]2=O)nc(C2CCC[N+]2=O)n1. The molecule has 0 aromatic carbocycles. The van der Waals surface area contributed by atoms with E-state index in [9.17, 15) is 14.7 Å².